The molecule has 1 atom stereocenters. The summed E-state index contributed by atoms with van der Waals surface area (Å²) in [6, 6.07) is 8.27. The number of aryl methyl sites for hydroxylation is 1. The standard InChI is InChI=1S/C17H26N2O2S/c1-18(22(20,21)19-13-6-2-3-7-14-19)17-12-8-10-15-9-4-5-11-16(15)17/h4-5,9,11,17H,2-3,6-8,10,12-14H2,1H3. The van der Waals surface area contributed by atoms with Crippen LogP contribution in [0.3, 0.4) is 0 Å². The Hall–Kier alpha value is -0.910. The minimum atomic E-state index is -3.36. The van der Waals surface area contributed by atoms with Gasteiger partial charge in [0.05, 0.1) is 6.04 Å². The van der Waals surface area contributed by atoms with Crippen molar-refractivity contribution in [2.45, 2.75) is 51.0 Å². The first-order chi connectivity index (χ1) is 10.6. The molecule has 0 aromatic heterocycles. The molecular weight excluding hydrogens is 296 g/mol. The van der Waals surface area contributed by atoms with E-state index in [9.17, 15) is 8.42 Å². The summed E-state index contributed by atoms with van der Waals surface area (Å²) in [5.41, 5.74) is 2.49. The van der Waals surface area contributed by atoms with Crippen LogP contribution in [0.4, 0.5) is 0 Å². The first kappa shape index (κ1) is 16.0. The SMILES string of the molecule is CN(C1CCCc2ccccc21)S(=O)(=O)N1CCCCCC1. The van der Waals surface area contributed by atoms with Crippen molar-refractivity contribution in [3.8, 4) is 0 Å². The van der Waals surface area contributed by atoms with Gasteiger partial charge in [-0.1, -0.05) is 37.1 Å². The van der Waals surface area contributed by atoms with Crippen LogP contribution in [0.15, 0.2) is 24.3 Å². The molecule has 122 valence electrons. The monoisotopic (exact) mass is 322 g/mol. The smallest absolute Gasteiger partial charge is 0.195 e. The van der Waals surface area contributed by atoms with Crippen LogP contribution in [0.5, 0.6) is 0 Å². The molecule has 4 nitrogen and oxygen atoms in total. The van der Waals surface area contributed by atoms with Crippen molar-refractivity contribution in [2.24, 2.45) is 0 Å². The maximum absolute atomic E-state index is 13.0. The number of nitrogens with zero attached hydrogens (tertiary/aromatic N) is 2. The van der Waals surface area contributed by atoms with Crippen LogP contribution in [0, 0.1) is 0 Å². The Morgan fingerprint density at radius 2 is 1.73 bits per heavy atom. The largest absolute Gasteiger partial charge is 0.282 e. The highest BCUT2D eigenvalue weighted by Gasteiger charge is 2.34. The van der Waals surface area contributed by atoms with Crippen LogP contribution >= 0.6 is 0 Å². The highest BCUT2D eigenvalue weighted by Crippen LogP contribution is 2.35. The molecule has 0 spiro atoms. The van der Waals surface area contributed by atoms with E-state index >= 15 is 0 Å². The van der Waals surface area contributed by atoms with Crippen molar-refractivity contribution in [1.82, 2.24) is 8.61 Å². The third-order valence-electron chi connectivity index (χ3n) is 5.03. The van der Waals surface area contributed by atoms with Crippen molar-refractivity contribution in [3.63, 3.8) is 0 Å². The molecule has 2 aliphatic rings. The van der Waals surface area contributed by atoms with Gasteiger partial charge in [-0.3, -0.25) is 0 Å². The zero-order valence-electron chi connectivity index (χ0n) is 13.4. The van der Waals surface area contributed by atoms with E-state index in [1.807, 2.05) is 12.1 Å². The molecule has 1 aliphatic carbocycles. The lowest BCUT2D eigenvalue weighted by Gasteiger charge is -2.35. The normalized spacial score (nSPS) is 24.0. The Balaban J connectivity index is 1.85. The molecule has 0 amide bonds. The van der Waals surface area contributed by atoms with Gasteiger partial charge in [0.2, 0.25) is 0 Å². The van der Waals surface area contributed by atoms with E-state index in [2.05, 4.69) is 12.1 Å². The summed E-state index contributed by atoms with van der Waals surface area (Å²) in [7, 11) is -1.60. The number of fused-ring (bicyclic) bond motifs is 1. The van der Waals surface area contributed by atoms with Gasteiger partial charge in [-0.05, 0) is 43.2 Å². The molecule has 1 unspecified atom stereocenters. The summed E-state index contributed by atoms with van der Waals surface area (Å²) >= 11 is 0. The molecule has 3 rings (SSSR count). The van der Waals surface area contributed by atoms with Crippen molar-refractivity contribution in [1.29, 1.82) is 0 Å². The second-order valence-electron chi connectivity index (χ2n) is 6.44. The maximum atomic E-state index is 13.0. The summed E-state index contributed by atoms with van der Waals surface area (Å²) in [6.07, 6.45) is 7.28. The van der Waals surface area contributed by atoms with E-state index in [-0.39, 0.29) is 6.04 Å². The zero-order chi connectivity index (χ0) is 15.6. The lowest BCUT2D eigenvalue weighted by atomic mass is 9.88. The van der Waals surface area contributed by atoms with Crippen LogP contribution in [-0.2, 0) is 16.6 Å². The molecular formula is C17H26N2O2S. The Labute approximate surface area is 134 Å². The summed E-state index contributed by atoms with van der Waals surface area (Å²) < 4.78 is 29.3. The second-order valence-corrected chi connectivity index (χ2v) is 8.43. The Kier molecular flexibility index (Phi) is 4.85. The van der Waals surface area contributed by atoms with Gasteiger partial charge in [-0.25, -0.2) is 0 Å². The molecule has 1 aliphatic heterocycles. The molecule has 1 heterocycles. The lowest BCUT2D eigenvalue weighted by Crippen LogP contribution is -2.44. The minimum Gasteiger partial charge on any atom is -0.195 e. The van der Waals surface area contributed by atoms with Gasteiger partial charge in [0.15, 0.2) is 0 Å². The van der Waals surface area contributed by atoms with Crippen molar-refractivity contribution >= 4 is 10.2 Å². The molecule has 1 aromatic rings. The summed E-state index contributed by atoms with van der Waals surface area (Å²) in [6.45, 7) is 1.34. The third kappa shape index (κ3) is 3.07. The van der Waals surface area contributed by atoms with Gasteiger partial charge < -0.3 is 0 Å². The molecule has 1 fully saturated rings. The zero-order valence-corrected chi connectivity index (χ0v) is 14.2. The highest BCUT2D eigenvalue weighted by molar-refractivity contribution is 7.86. The summed E-state index contributed by atoms with van der Waals surface area (Å²) in [5, 5.41) is 0. The predicted octanol–water partition coefficient (Wildman–Crippen LogP) is 3.12. The van der Waals surface area contributed by atoms with E-state index in [1.165, 1.54) is 11.1 Å². The molecule has 0 bridgehead atoms. The first-order valence-electron chi connectivity index (χ1n) is 8.41. The van der Waals surface area contributed by atoms with E-state index in [4.69, 9.17) is 0 Å². The predicted molar refractivity (Wildman–Crippen MR) is 88.8 cm³/mol. The van der Waals surface area contributed by atoms with Gasteiger partial charge >= 0.3 is 0 Å². The molecule has 1 aromatic carbocycles. The van der Waals surface area contributed by atoms with E-state index in [1.54, 1.807) is 15.7 Å². The fourth-order valence-electron chi connectivity index (χ4n) is 3.72. The van der Waals surface area contributed by atoms with E-state index in [0.29, 0.717) is 13.1 Å². The van der Waals surface area contributed by atoms with Gasteiger partial charge in [0.25, 0.3) is 10.2 Å². The van der Waals surface area contributed by atoms with E-state index in [0.717, 1.165) is 44.9 Å². The molecule has 22 heavy (non-hydrogen) atoms. The van der Waals surface area contributed by atoms with Crippen LogP contribution in [-0.4, -0.2) is 37.2 Å². The lowest BCUT2D eigenvalue weighted by molar-refractivity contribution is 0.299. The van der Waals surface area contributed by atoms with Crippen LogP contribution in [0.1, 0.15) is 55.7 Å². The van der Waals surface area contributed by atoms with Gasteiger partial charge in [-0.2, -0.15) is 17.0 Å². The molecule has 5 heteroatoms. The Morgan fingerprint density at radius 1 is 1.05 bits per heavy atom. The fraction of sp³-hybridized carbons (Fsp3) is 0.647. The molecule has 0 saturated carbocycles. The number of benzene rings is 1. The second kappa shape index (κ2) is 6.69. The quantitative estimate of drug-likeness (QED) is 0.858. The van der Waals surface area contributed by atoms with Crippen LogP contribution < -0.4 is 0 Å². The van der Waals surface area contributed by atoms with Gasteiger partial charge in [0, 0.05) is 20.1 Å². The number of hydrogen-bond donors (Lipinski definition) is 0. The van der Waals surface area contributed by atoms with Gasteiger partial charge in [-0.15, -0.1) is 0 Å². The van der Waals surface area contributed by atoms with Crippen LogP contribution in [0.25, 0.3) is 0 Å². The van der Waals surface area contributed by atoms with E-state index < -0.39 is 10.2 Å². The Bertz CT molecular complexity index is 607. The average molecular weight is 322 g/mol. The van der Waals surface area contributed by atoms with Crippen molar-refractivity contribution in [2.75, 3.05) is 20.1 Å². The molecule has 1 saturated heterocycles. The molecule has 0 radical (unpaired) electrons. The van der Waals surface area contributed by atoms with Gasteiger partial charge in [0.1, 0.15) is 0 Å². The maximum Gasteiger partial charge on any atom is 0.282 e. The Morgan fingerprint density at radius 3 is 2.45 bits per heavy atom. The summed E-state index contributed by atoms with van der Waals surface area (Å²) in [4.78, 5) is 0. The minimum absolute atomic E-state index is 0.0156. The molecule has 0 N–H and O–H groups in total. The highest BCUT2D eigenvalue weighted by atomic mass is 32.2. The van der Waals surface area contributed by atoms with Crippen molar-refractivity contribution in [3.05, 3.63) is 35.4 Å². The number of rotatable bonds is 3. The van der Waals surface area contributed by atoms with Crippen LogP contribution in [0.2, 0.25) is 0 Å². The fourth-order valence-corrected chi connectivity index (χ4v) is 5.35. The topological polar surface area (TPSA) is 40.6 Å². The van der Waals surface area contributed by atoms with Crippen molar-refractivity contribution < 1.29 is 8.42 Å². The third-order valence-corrected chi connectivity index (χ3v) is 7.03. The average Bonchev–Trinajstić information content (AvgIpc) is 2.83. The first-order valence-corrected chi connectivity index (χ1v) is 9.81. The summed E-state index contributed by atoms with van der Waals surface area (Å²) in [5.74, 6) is 0. The number of hydrogen-bond acceptors (Lipinski definition) is 2.